The molecule has 0 saturated carbocycles. The van der Waals surface area contributed by atoms with Crippen LogP contribution in [0.15, 0.2) is 18.2 Å². The molecule has 0 spiro atoms. The monoisotopic (exact) mass is 276 g/mol. The molecule has 110 valence electrons. The molecule has 2 N–H and O–H groups in total. The van der Waals surface area contributed by atoms with Crippen molar-refractivity contribution in [3.8, 4) is 17.6 Å². The van der Waals surface area contributed by atoms with Crippen molar-refractivity contribution < 1.29 is 9.47 Å². The summed E-state index contributed by atoms with van der Waals surface area (Å²) in [7, 11) is 1.63. The van der Waals surface area contributed by atoms with Crippen molar-refractivity contribution in [1.82, 2.24) is 0 Å². The second kappa shape index (κ2) is 7.76. The molecule has 0 bridgehead atoms. The summed E-state index contributed by atoms with van der Waals surface area (Å²) in [4.78, 5) is 0. The molecule has 4 heteroatoms. The van der Waals surface area contributed by atoms with E-state index in [0.29, 0.717) is 13.2 Å². The second-order valence-electron chi connectivity index (χ2n) is 5.43. The van der Waals surface area contributed by atoms with E-state index in [1.54, 1.807) is 7.11 Å². The first kappa shape index (κ1) is 16.3. The first-order valence-corrected chi connectivity index (χ1v) is 6.94. The van der Waals surface area contributed by atoms with Crippen LogP contribution in [0.2, 0.25) is 0 Å². The van der Waals surface area contributed by atoms with Crippen LogP contribution in [0.3, 0.4) is 0 Å². The highest BCUT2D eigenvalue weighted by Crippen LogP contribution is 2.31. The quantitative estimate of drug-likeness (QED) is 0.741. The lowest BCUT2D eigenvalue weighted by Crippen LogP contribution is -2.11. The smallest absolute Gasteiger partial charge is 0.164 e. The molecule has 1 aromatic carbocycles. The van der Waals surface area contributed by atoms with Gasteiger partial charge >= 0.3 is 0 Å². The third-order valence-corrected chi connectivity index (χ3v) is 3.19. The molecule has 0 saturated heterocycles. The van der Waals surface area contributed by atoms with E-state index in [1.807, 2.05) is 32.0 Å². The average Bonchev–Trinajstić information content (AvgIpc) is 2.45. The van der Waals surface area contributed by atoms with Gasteiger partial charge in [0, 0.05) is 0 Å². The van der Waals surface area contributed by atoms with Gasteiger partial charge in [0.05, 0.1) is 25.2 Å². The van der Waals surface area contributed by atoms with Gasteiger partial charge in [0.1, 0.15) is 0 Å². The van der Waals surface area contributed by atoms with Crippen LogP contribution in [-0.4, -0.2) is 20.3 Å². The Morgan fingerprint density at radius 3 is 2.70 bits per heavy atom. The van der Waals surface area contributed by atoms with Gasteiger partial charge in [-0.3, -0.25) is 0 Å². The maximum Gasteiger partial charge on any atom is 0.164 e. The molecule has 0 radical (unpaired) electrons. The van der Waals surface area contributed by atoms with E-state index in [9.17, 15) is 0 Å². The van der Waals surface area contributed by atoms with Gasteiger partial charge in [-0.25, -0.2) is 0 Å². The standard InChI is InChI=1S/C16H24N2O2/c1-16(2,12-18)9-5-11-20-15-13(8-10-17)6-4-7-14(15)19-3/h4,6-7H,5,8-11,17H2,1-3H3. The molecule has 1 rings (SSSR count). The SMILES string of the molecule is COc1cccc(CCN)c1OCCCC(C)(C)C#N. The minimum atomic E-state index is -0.301. The number of hydrogen-bond acceptors (Lipinski definition) is 4. The van der Waals surface area contributed by atoms with Gasteiger partial charge in [-0.05, 0) is 51.3 Å². The van der Waals surface area contributed by atoms with Crippen molar-refractivity contribution in [2.45, 2.75) is 33.1 Å². The van der Waals surface area contributed by atoms with Gasteiger partial charge in [0.15, 0.2) is 11.5 Å². The van der Waals surface area contributed by atoms with Crippen molar-refractivity contribution in [2.24, 2.45) is 11.1 Å². The van der Waals surface area contributed by atoms with E-state index in [4.69, 9.17) is 20.5 Å². The van der Waals surface area contributed by atoms with Crippen LogP contribution in [0, 0.1) is 16.7 Å². The molecule has 0 fully saturated rings. The Labute approximate surface area is 121 Å². The number of benzene rings is 1. The van der Waals surface area contributed by atoms with E-state index in [2.05, 4.69) is 6.07 Å². The fourth-order valence-electron chi connectivity index (χ4n) is 1.98. The zero-order chi connectivity index (χ0) is 15.0. The number of rotatable bonds is 8. The number of methoxy groups -OCH3 is 1. The van der Waals surface area contributed by atoms with Crippen LogP contribution >= 0.6 is 0 Å². The zero-order valence-corrected chi connectivity index (χ0v) is 12.6. The second-order valence-corrected chi connectivity index (χ2v) is 5.43. The number of nitriles is 1. The van der Waals surface area contributed by atoms with Crippen LogP contribution in [0.5, 0.6) is 11.5 Å². The van der Waals surface area contributed by atoms with Gasteiger partial charge in [-0.15, -0.1) is 0 Å². The van der Waals surface area contributed by atoms with Gasteiger partial charge in [-0.1, -0.05) is 12.1 Å². The molecule has 0 atom stereocenters. The predicted molar refractivity (Wildman–Crippen MR) is 79.9 cm³/mol. The molecule has 0 unspecified atom stereocenters. The minimum Gasteiger partial charge on any atom is -0.493 e. The molecule has 0 aliphatic heterocycles. The maximum absolute atomic E-state index is 8.98. The number of hydrogen-bond donors (Lipinski definition) is 1. The molecule has 0 aliphatic carbocycles. The number of ether oxygens (including phenoxy) is 2. The molecule has 0 aliphatic rings. The predicted octanol–water partition coefficient (Wildman–Crippen LogP) is 2.91. The van der Waals surface area contributed by atoms with Crippen molar-refractivity contribution in [3.05, 3.63) is 23.8 Å². The van der Waals surface area contributed by atoms with E-state index >= 15 is 0 Å². The summed E-state index contributed by atoms with van der Waals surface area (Å²) >= 11 is 0. The Morgan fingerprint density at radius 2 is 2.10 bits per heavy atom. The highest BCUT2D eigenvalue weighted by atomic mass is 16.5. The van der Waals surface area contributed by atoms with Crippen LogP contribution in [0.1, 0.15) is 32.3 Å². The van der Waals surface area contributed by atoms with Crippen LogP contribution < -0.4 is 15.2 Å². The summed E-state index contributed by atoms with van der Waals surface area (Å²) in [5, 5.41) is 8.98. The van der Waals surface area contributed by atoms with Gasteiger partial charge in [0.2, 0.25) is 0 Å². The molecular formula is C16H24N2O2. The minimum absolute atomic E-state index is 0.301. The Bertz CT molecular complexity index is 464. The van der Waals surface area contributed by atoms with Crippen LogP contribution in [-0.2, 0) is 6.42 Å². The average molecular weight is 276 g/mol. The number of nitrogens with zero attached hydrogens (tertiary/aromatic N) is 1. The molecule has 4 nitrogen and oxygen atoms in total. The first-order chi connectivity index (χ1) is 9.54. The summed E-state index contributed by atoms with van der Waals surface area (Å²) in [5.74, 6) is 1.51. The molecule has 0 heterocycles. The van der Waals surface area contributed by atoms with E-state index in [0.717, 1.165) is 36.3 Å². The normalized spacial score (nSPS) is 10.9. The Balaban J connectivity index is 2.65. The molecule has 0 aromatic heterocycles. The Hall–Kier alpha value is -1.73. The number of nitrogens with two attached hydrogens (primary N) is 1. The third kappa shape index (κ3) is 4.75. The number of para-hydroxylation sites is 1. The topological polar surface area (TPSA) is 68.3 Å². The molecule has 20 heavy (non-hydrogen) atoms. The fourth-order valence-corrected chi connectivity index (χ4v) is 1.98. The van der Waals surface area contributed by atoms with Crippen LogP contribution in [0.25, 0.3) is 0 Å². The fraction of sp³-hybridized carbons (Fsp3) is 0.562. The highest BCUT2D eigenvalue weighted by molar-refractivity contribution is 5.46. The van der Waals surface area contributed by atoms with Crippen LogP contribution in [0.4, 0.5) is 0 Å². The van der Waals surface area contributed by atoms with E-state index in [1.165, 1.54) is 0 Å². The van der Waals surface area contributed by atoms with Gasteiger partial charge in [-0.2, -0.15) is 5.26 Å². The lowest BCUT2D eigenvalue weighted by molar-refractivity contribution is 0.267. The lowest BCUT2D eigenvalue weighted by atomic mass is 9.90. The highest BCUT2D eigenvalue weighted by Gasteiger charge is 2.16. The Kier molecular flexibility index (Phi) is 6.33. The van der Waals surface area contributed by atoms with Crippen molar-refractivity contribution in [1.29, 1.82) is 5.26 Å². The maximum atomic E-state index is 8.98. The third-order valence-electron chi connectivity index (χ3n) is 3.19. The van der Waals surface area contributed by atoms with Gasteiger partial charge in [0.25, 0.3) is 0 Å². The van der Waals surface area contributed by atoms with Gasteiger partial charge < -0.3 is 15.2 Å². The summed E-state index contributed by atoms with van der Waals surface area (Å²) in [5.41, 5.74) is 6.38. The van der Waals surface area contributed by atoms with Crippen molar-refractivity contribution in [2.75, 3.05) is 20.3 Å². The largest absolute Gasteiger partial charge is 0.493 e. The van der Waals surface area contributed by atoms with Crippen molar-refractivity contribution >= 4 is 0 Å². The van der Waals surface area contributed by atoms with Crippen molar-refractivity contribution in [3.63, 3.8) is 0 Å². The summed E-state index contributed by atoms with van der Waals surface area (Å²) in [6, 6.07) is 8.12. The molecular weight excluding hydrogens is 252 g/mol. The molecule has 1 aromatic rings. The summed E-state index contributed by atoms with van der Waals surface area (Å²) < 4.78 is 11.2. The van der Waals surface area contributed by atoms with E-state index < -0.39 is 0 Å². The lowest BCUT2D eigenvalue weighted by Gasteiger charge is -2.17. The van der Waals surface area contributed by atoms with E-state index in [-0.39, 0.29) is 5.41 Å². The first-order valence-electron chi connectivity index (χ1n) is 6.94. The Morgan fingerprint density at radius 1 is 1.35 bits per heavy atom. The zero-order valence-electron chi connectivity index (χ0n) is 12.6. The molecule has 0 amide bonds. The summed E-state index contributed by atoms with van der Waals surface area (Å²) in [6.45, 7) is 5.03. The summed E-state index contributed by atoms with van der Waals surface area (Å²) in [6.07, 6.45) is 2.40.